The summed E-state index contributed by atoms with van der Waals surface area (Å²) in [6.07, 6.45) is 5.47. The molecule has 2 rings (SSSR count). The highest BCUT2D eigenvalue weighted by Crippen LogP contribution is 2.37. The predicted molar refractivity (Wildman–Crippen MR) is 81.3 cm³/mol. The Balaban J connectivity index is 2.19. The second-order valence-corrected chi connectivity index (χ2v) is 6.18. The van der Waals surface area contributed by atoms with Crippen LogP contribution in [0.3, 0.4) is 0 Å². The molecular formula is C17H28N2. The summed E-state index contributed by atoms with van der Waals surface area (Å²) >= 11 is 0. The largest absolute Gasteiger partial charge is 0.310 e. The van der Waals surface area contributed by atoms with E-state index >= 15 is 0 Å². The van der Waals surface area contributed by atoms with E-state index in [2.05, 4.69) is 50.1 Å². The molecule has 0 aromatic carbocycles. The van der Waals surface area contributed by atoms with E-state index < -0.39 is 0 Å². The summed E-state index contributed by atoms with van der Waals surface area (Å²) in [5, 5.41) is 3.70. The smallest absolute Gasteiger partial charge is 0.0423 e. The first kappa shape index (κ1) is 14.5. The highest BCUT2D eigenvalue weighted by atomic mass is 14.9. The van der Waals surface area contributed by atoms with Crippen molar-refractivity contribution in [1.29, 1.82) is 0 Å². The summed E-state index contributed by atoms with van der Waals surface area (Å²) in [6.45, 7) is 9.84. The van der Waals surface area contributed by atoms with Crippen molar-refractivity contribution in [2.45, 2.75) is 59.4 Å². The Hall–Kier alpha value is -0.890. The standard InChI is InChI=1S/C17H28N2/c1-5-18-17(15-9-6-12(2)7-10-15)16-11-8-13(3)19-14(16)4/h8,11-12,15,17-18H,5-7,9-10H2,1-4H3. The number of rotatable bonds is 4. The van der Waals surface area contributed by atoms with Gasteiger partial charge >= 0.3 is 0 Å². The van der Waals surface area contributed by atoms with Gasteiger partial charge in [0, 0.05) is 17.4 Å². The lowest BCUT2D eigenvalue weighted by Crippen LogP contribution is -2.31. The summed E-state index contributed by atoms with van der Waals surface area (Å²) in [4.78, 5) is 4.65. The molecule has 1 aliphatic carbocycles. The molecule has 0 spiro atoms. The molecule has 1 aromatic rings. The van der Waals surface area contributed by atoms with Crippen molar-refractivity contribution in [3.63, 3.8) is 0 Å². The van der Waals surface area contributed by atoms with Gasteiger partial charge in [-0.3, -0.25) is 4.98 Å². The van der Waals surface area contributed by atoms with Crippen LogP contribution in [0.15, 0.2) is 12.1 Å². The fraction of sp³-hybridized carbons (Fsp3) is 0.706. The van der Waals surface area contributed by atoms with E-state index in [4.69, 9.17) is 0 Å². The minimum absolute atomic E-state index is 0.491. The molecule has 1 saturated carbocycles. The molecule has 1 N–H and O–H groups in total. The van der Waals surface area contributed by atoms with Gasteiger partial charge in [-0.1, -0.05) is 32.8 Å². The molecule has 1 unspecified atom stereocenters. The van der Waals surface area contributed by atoms with E-state index in [-0.39, 0.29) is 0 Å². The van der Waals surface area contributed by atoms with Crippen LogP contribution in [0.5, 0.6) is 0 Å². The molecule has 0 saturated heterocycles. The Kier molecular flexibility index (Phi) is 4.98. The Morgan fingerprint density at radius 1 is 1.21 bits per heavy atom. The molecule has 1 heterocycles. The average Bonchev–Trinajstić information content (AvgIpc) is 2.38. The van der Waals surface area contributed by atoms with Crippen molar-refractivity contribution in [3.8, 4) is 0 Å². The highest BCUT2D eigenvalue weighted by Gasteiger charge is 2.27. The first-order chi connectivity index (χ1) is 9.11. The van der Waals surface area contributed by atoms with E-state index in [1.807, 2.05) is 0 Å². The van der Waals surface area contributed by atoms with Crippen molar-refractivity contribution < 1.29 is 0 Å². The Morgan fingerprint density at radius 2 is 1.89 bits per heavy atom. The molecule has 2 nitrogen and oxygen atoms in total. The normalized spacial score (nSPS) is 25.3. The van der Waals surface area contributed by atoms with Gasteiger partial charge in [-0.25, -0.2) is 0 Å². The van der Waals surface area contributed by atoms with Crippen molar-refractivity contribution >= 4 is 0 Å². The van der Waals surface area contributed by atoms with Crippen LogP contribution in [-0.4, -0.2) is 11.5 Å². The topological polar surface area (TPSA) is 24.9 Å². The summed E-state index contributed by atoms with van der Waals surface area (Å²) < 4.78 is 0. The molecule has 106 valence electrons. The lowest BCUT2D eigenvalue weighted by molar-refractivity contribution is 0.232. The Morgan fingerprint density at radius 3 is 2.47 bits per heavy atom. The van der Waals surface area contributed by atoms with Gasteiger partial charge in [0.1, 0.15) is 0 Å². The molecule has 1 aliphatic rings. The summed E-state index contributed by atoms with van der Waals surface area (Å²) in [5.41, 5.74) is 3.73. The first-order valence-electron chi connectivity index (χ1n) is 7.79. The Bertz CT molecular complexity index is 406. The first-order valence-corrected chi connectivity index (χ1v) is 7.79. The molecular weight excluding hydrogens is 232 g/mol. The number of hydrogen-bond donors (Lipinski definition) is 1. The molecule has 1 aromatic heterocycles. The van der Waals surface area contributed by atoms with Crippen LogP contribution >= 0.6 is 0 Å². The third-order valence-corrected chi connectivity index (χ3v) is 4.56. The maximum absolute atomic E-state index is 4.65. The van der Waals surface area contributed by atoms with E-state index in [1.54, 1.807) is 0 Å². The van der Waals surface area contributed by atoms with Gasteiger partial charge in [-0.2, -0.15) is 0 Å². The molecule has 0 radical (unpaired) electrons. The lowest BCUT2D eigenvalue weighted by Gasteiger charge is -2.34. The zero-order valence-corrected chi connectivity index (χ0v) is 12.9. The minimum Gasteiger partial charge on any atom is -0.310 e. The van der Waals surface area contributed by atoms with Crippen LogP contribution in [-0.2, 0) is 0 Å². The van der Waals surface area contributed by atoms with Crippen LogP contribution in [0.2, 0.25) is 0 Å². The highest BCUT2D eigenvalue weighted by molar-refractivity contribution is 5.26. The van der Waals surface area contributed by atoms with Gasteiger partial charge in [-0.15, -0.1) is 0 Å². The monoisotopic (exact) mass is 260 g/mol. The maximum atomic E-state index is 4.65. The molecule has 0 aliphatic heterocycles. The van der Waals surface area contributed by atoms with E-state index in [0.29, 0.717) is 6.04 Å². The van der Waals surface area contributed by atoms with Crippen molar-refractivity contribution in [2.24, 2.45) is 11.8 Å². The van der Waals surface area contributed by atoms with Gasteiger partial charge < -0.3 is 5.32 Å². The van der Waals surface area contributed by atoms with E-state index in [9.17, 15) is 0 Å². The maximum Gasteiger partial charge on any atom is 0.0423 e. The lowest BCUT2D eigenvalue weighted by atomic mass is 9.77. The number of pyridine rings is 1. The Labute approximate surface area is 118 Å². The van der Waals surface area contributed by atoms with Crippen LogP contribution in [0, 0.1) is 25.7 Å². The summed E-state index contributed by atoms with van der Waals surface area (Å²) in [6, 6.07) is 4.92. The van der Waals surface area contributed by atoms with Gasteiger partial charge in [-0.05, 0) is 56.7 Å². The van der Waals surface area contributed by atoms with Crippen molar-refractivity contribution in [3.05, 3.63) is 29.1 Å². The van der Waals surface area contributed by atoms with Crippen LogP contribution < -0.4 is 5.32 Å². The van der Waals surface area contributed by atoms with Crippen LogP contribution in [0.4, 0.5) is 0 Å². The quantitative estimate of drug-likeness (QED) is 0.878. The van der Waals surface area contributed by atoms with Crippen LogP contribution in [0.25, 0.3) is 0 Å². The summed E-state index contributed by atoms with van der Waals surface area (Å²) in [5.74, 6) is 1.69. The molecule has 2 heteroatoms. The second kappa shape index (κ2) is 6.51. The molecule has 19 heavy (non-hydrogen) atoms. The van der Waals surface area contributed by atoms with Crippen molar-refractivity contribution in [2.75, 3.05) is 6.54 Å². The fourth-order valence-electron chi connectivity index (χ4n) is 3.40. The zero-order chi connectivity index (χ0) is 13.8. The minimum atomic E-state index is 0.491. The number of aromatic nitrogens is 1. The molecule has 0 amide bonds. The number of nitrogens with zero attached hydrogens (tertiary/aromatic N) is 1. The van der Waals surface area contributed by atoms with E-state index in [0.717, 1.165) is 24.1 Å². The van der Waals surface area contributed by atoms with Gasteiger partial charge in [0.15, 0.2) is 0 Å². The number of hydrogen-bond acceptors (Lipinski definition) is 2. The molecule has 1 atom stereocenters. The number of nitrogens with one attached hydrogen (secondary N) is 1. The third-order valence-electron chi connectivity index (χ3n) is 4.56. The average molecular weight is 260 g/mol. The van der Waals surface area contributed by atoms with Gasteiger partial charge in [0.25, 0.3) is 0 Å². The predicted octanol–water partition coefficient (Wildman–Crippen LogP) is 4.18. The second-order valence-electron chi connectivity index (χ2n) is 6.18. The van der Waals surface area contributed by atoms with Crippen LogP contribution in [0.1, 0.15) is 62.5 Å². The fourth-order valence-corrected chi connectivity index (χ4v) is 3.40. The third kappa shape index (κ3) is 3.56. The molecule has 0 bridgehead atoms. The molecule has 1 fully saturated rings. The SMILES string of the molecule is CCNC(c1ccc(C)nc1C)C1CCC(C)CC1. The zero-order valence-electron chi connectivity index (χ0n) is 12.9. The van der Waals surface area contributed by atoms with Crippen molar-refractivity contribution in [1.82, 2.24) is 10.3 Å². The van der Waals surface area contributed by atoms with E-state index in [1.165, 1.54) is 36.9 Å². The number of aryl methyl sites for hydroxylation is 2. The van der Waals surface area contributed by atoms with Gasteiger partial charge in [0.05, 0.1) is 0 Å². The van der Waals surface area contributed by atoms with Gasteiger partial charge in [0.2, 0.25) is 0 Å². The summed E-state index contributed by atoms with van der Waals surface area (Å²) in [7, 11) is 0.